The number of piperidine rings is 1. The summed E-state index contributed by atoms with van der Waals surface area (Å²) in [5.74, 6) is 0.552. The van der Waals surface area contributed by atoms with E-state index in [1.54, 1.807) is 12.1 Å². The minimum absolute atomic E-state index is 0. The third-order valence-corrected chi connectivity index (χ3v) is 4.35. The average Bonchev–Trinajstić information content (AvgIpc) is 2.39. The van der Waals surface area contributed by atoms with Gasteiger partial charge in [0.15, 0.2) is 0 Å². The zero-order valence-electron chi connectivity index (χ0n) is 11.1. The molecular weight excluding hydrogens is 363 g/mol. The van der Waals surface area contributed by atoms with Crippen molar-refractivity contribution in [3.05, 3.63) is 33.3 Å². The fourth-order valence-corrected chi connectivity index (χ4v) is 3.31. The highest BCUT2D eigenvalue weighted by Gasteiger charge is 2.25. The van der Waals surface area contributed by atoms with E-state index in [1.807, 2.05) is 11.0 Å². The highest BCUT2D eigenvalue weighted by molar-refractivity contribution is 9.10. The lowest BCUT2D eigenvalue weighted by molar-refractivity contribution is 0.0669. The molecule has 1 aliphatic heterocycles. The Hall–Kier alpha value is -0.290. The van der Waals surface area contributed by atoms with Crippen molar-refractivity contribution in [2.75, 3.05) is 19.6 Å². The molecular formula is C14H19BrCl2N2O. The fraction of sp³-hybridized carbons (Fsp3) is 0.500. The first-order valence-electron chi connectivity index (χ1n) is 6.56. The van der Waals surface area contributed by atoms with Gasteiger partial charge in [-0.05, 0) is 49.9 Å². The molecule has 2 rings (SSSR count). The number of carbonyl (C=O) groups excluding carboxylic acids is 1. The summed E-state index contributed by atoms with van der Waals surface area (Å²) in [5, 5.41) is 0.500. The van der Waals surface area contributed by atoms with Gasteiger partial charge < -0.3 is 10.6 Å². The first-order chi connectivity index (χ1) is 9.11. The molecule has 3 nitrogen and oxygen atoms in total. The van der Waals surface area contributed by atoms with E-state index in [9.17, 15) is 4.79 Å². The molecule has 1 aliphatic rings. The molecule has 0 aliphatic carbocycles. The number of hydrogen-bond acceptors (Lipinski definition) is 2. The van der Waals surface area contributed by atoms with Crippen molar-refractivity contribution in [2.24, 2.45) is 11.7 Å². The molecule has 1 fully saturated rings. The van der Waals surface area contributed by atoms with Crippen molar-refractivity contribution in [3.8, 4) is 0 Å². The number of carbonyl (C=O) groups is 1. The molecule has 1 heterocycles. The largest absolute Gasteiger partial charge is 0.338 e. The Kier molecular flexibility index (Phi) is 7.30. The Labute approximate surface area is 139 Å². The quantitative estimate of drug-likeness (QED) is 0.866. The maximum absolute atomic E-state index is 12.5. The van der Waals surface area contributed by atoms with E-state index in [0.29, 0.717) is 23.0 Å². The number of nitrogens with zero attached hydrogens (tertiary/aromatic N) is 1. The van der Waals surface area contributed by atoms with Crippen LogP contribution in [0.15, 0.2) is 22.7 Å². The summed E-state index contributed by atoms with van der Waals surface area (Å²) in [4.78, 5) is 14.4. The number of halogens is 3. The minimum Gasteiger partial charge on any atom is -0.338 e. The van der Waals surface area contributed by atoms with Gasteiger partial charge in [0.2, 0.25) is 0 Å². The average molecular weight is 382 g/mol. The van der Waals surface area contributed by atoms with Gasteiger partial charge in [-0.25, -0.2) is 0 Å². The topological polar surface area (TPSA) is 46.3 Å². The van der Waals surface area contributed by atoms with Gasteiger partial charge in [-0.2, -0.15) is 0 Å². The Morgan fingerprint density at radius 2 is 2.25 bits per heavy atom. The number of amides is 1. The van der Waals surface area contributed by atoms with Gasteiger partial charge in [0.1, 0.15) is 0 Å². The molecule has 1 amide bonds. The van der Waals surface area contributed by atoms with E-state index < -0.39 is 0 Å². The molecule has 1 aromatic carbocycles. The first-order valence-corrected chi connectivity index (χ1v) is 7.73. The molecule has 0 spiro atoms. The SMILES string of the molecule is Cl.NCCC1CCCN(C(=O)c2ccc(Br)cc2Cl)C1. The molecule has 112 valence electrons. The number of nitrogens with two attached hydrogens (primary N) is 1. The summed E-state index contributed by atoms with van der Waals surface area (Å²) in [6.07, 6.45) is 3.19. The maximum atomic E-state index is 12.5. The summed E-state index contributed by atoms with van der Waals surface area (Å²) < 4.78 is 0.883. The van der Waals surface area contributed by atoms with Gasteiger partial charge in [0, 0.05) is 17.6 Å². The number of benzene rings is 1. The predicted molar refractivity (Wildman–Crippen MR) is 88.7 cm³/mol. The third kappa shape index (κ3) is 4.35. The monoisotopic (exact) mass is 380 g/mol. The highest BCUT2D eigenvalue weighted by Crippen LogP contribution is 2.25. The van der Waals surface area contributed by atoms with Crippen LogP contribution in [0, 0.1) is 5.92 Å². The minimum atomic E-state index is 0. The van der Waals surface area contributed by atoms with Crippen molar-refractivity contribution >= 4 is 45.8 Å². The molecule has 1 saturated heterocycles. The van der Waals surface area contributed by atoms with E-state index in [4.69, 9.17) is 17.3 Å². The van der Waals surface area contributed by atoms with Gasteiger partial charge >= 0.3 is 0 Å². The lowest BCUT2D eigenvalue weighted by atomic mass is 9.94. The molecule has 1 atom stereocenters. The first kappa shape index (κ1) is 17.8. The molecule has 1 aromatic rings. The van der Waals surface area contributed by atoms with Crippen molar-refractivity contribution in [1.29, 1.82) is 0 Å². The van der Waals surface area contributed by atoms with Gasteiger partial charge in [-0.3, -0.25) is 4.79 Å². The van der Waals surface area contributed by atoms with E-state index in [-0.39, 0.29) is 18.3 Å². The Bertz CT molecular complexity index is 468. The summed E-state index contributed by atoms with van der Waals surface area (Å²) in [7, 11) is 0. The summed E-state index contributed by atoms with van der Waals surface area (Å²) >= 11 is 9.49. The molecule has 1 unspecified atom stereocenters. The lowest BCUT2D eigenvalue weighted by Gasteiger charge is -2.33. The molecule has 0 aromatic heterocycles. The maximum Gasteiger partial charge on any atom is 0.255 e. The van der Waals surface area contributed by atoms with Crippen LogP contribution >= 0.6 is 39.9 Å². The van der Waals surface area contributed by atoms with Gasteiger partial charge in [-0.1, -0.05) is 27.5 Å². The van der Waals surface area contributed by atoms with Crippen LogP contribution in [0.3, 0.4) is 0 Å². The molecule has 0 radical (unpaired) electrons. The molecule has 2 N–H and O–H groups in total. The predicted octanol–water partition coefficient (Wildman–Crippen LogP) is 3.73. The third-order valence-electron chi connectivity index (χ3n) is 3.54. The van der Waals surface area contributed by atoms with Gasteiger partial charge in [0.05, 0.1) is 10.6 Å². The Morgan fingerprint density at radius 3 is 2.90 bits per heavy atom. The standard InChI is InChI=1S/C14H18BrClN2O.ClH/c15-11-3-4-12(13(16)8-11)14(19)18-7-1-2-10(9-18)5-6-17;/h3-4,8,10H,1-2,5-7,9,17H2;1H. The van der Waals surface area contributed by atoms with Crippen molar-refractivity contribution in [3.63, 3.8) is 0 Å². The van der Waals surface area contributed by atoms with Crippen LogP contribution in [0.2, 0.25) is 5.02 Å². The van der Waals surface area contributed by atoms with E-state index in [1.165, 1.54) is 0 Å². The van der Waals surface area contributed by atoms with Crippen molar-refractivity contribution in [1.82, 2.24) is 4.90 Å². The molecule has 0 bridgehead atoms. The number of likely N-dealkylation sites (tertiary alicyclic amines) is 1. The molecule has 6 heteroatoms. The Morgan fingerprint density at radius 1 is 1.50 bits per heavy atom. The summed E-state index contributed by atoms with van der Waals surface area (Å²) in [5.41, 5.74) is 6.18. The van der Waals surface area contributed by atoms with Crippen LogP contribution in [-0.4, -0.2) is 30.4 Å². The second kappa shape index (κ2) is 8.23. The van der Waals surface area contributed by atoms with Crippen LogP contribution in [0.25, 0.3) is 0 Å². The highest BCUT2D eigenvalue weighted by atomic mass is 79.9. The van der Waals surface area contributed by atoms with Crippen LogP contribution < -0.4 is 5.73 Å². The van der Waals surface area contributed by atoms with E-state index in [2.05, 4.69) is 15.9 Å². The molecule has 20 heavy (non-hydrogen) atoms. The van der Waals surface area contributed by atoms with Crippen LogP contribution in [0.4, 0.5) is 0 Å². The smallest absolute Gasteiger partial charge is 0.255 e. The normalized spacial score (nSPS) is 18.6. The van der Waals surface area contributed by atoms with E-state index in [0.717, 1.165) is 36.8 Å². The summed E-state index contributed by atoms with van der Waals surface area (Å²) in [6, 6.07) is 5.39. The summed E-state index contributed by atoms with van der Waals surface area (Å²) in [6.45, 7) is 2.29. The number of hydrogen-bond donors (Lipinski definition) is 1. The van der Waals surface area contributed by atoms with Gasteiger partial charge in [0.25, 0.3) is 5.91 Å². The van der Waals surface area contributed by atoms with Crippen LogP contribution in [0.5, 0.6) is 0 Å². The van der Waals surface area contributed by atoms with E-state index >= 15 is 0 Å². The fourth-order valence-electron chi connectivity index (χ4n) is 2.55. The lowest BCUT2D eigenvalue weighted by Crippen LogP contribution is -2.40. The second-order valence-electron chi connectivity index (χ2n) is 4.96. The Balaban J connectivity index is 0.00000200. The number of rotatable bonds is 3. The zero-order valence-corrected chi connectivity index (χ0v) is 14.3. The van der Waals surface area contributed by atoms with Crippen LogP contribution in [-0.2, 0) is 0 Å². The molecule has 0 saturated carbocycles. The van der Waals surface area contributed by atoms with Crippen molar-refractivity contribution in [2.45, 2.75) is 19.3 Å². The van der Waals surface area contributed by atoms with Crippen LogP contribution in [0.1, 0.15) is 29.6 Å². The zero-order chi connectivity index (χ0) is 13.8. The van der Waals surface area contributed by atoms with Gasteiger partial charge in [-0.15, -0.1) is 12.4 Å². The van der Waals surface area contributed by atoms with Crippen molar-refractivity contribution < 1.29 is 4.79 Å². The second-order valence-corrected chi connectivity index (χ2v) is 6.28.